The summed E-state index contributed by atoms with van der Waals surface area (Å²) in [6.07, 6.45) is 2.53. The van der Waals surface area contributed by atoms with E-state index in [9.17, 15) is 9.90 Å². The number of aromatic nitrogens is 2. The standard InChI is InChI=1S/C36H42FN5O3/c1-22-14-23(2)18-28(17-22)34(33-25(4)15-24(3)16-26(33)5)42(36(43)44)32-11-12-38-35(40-32)39-29-9-10-31(30(37)19-29)45-21-27-8-7-13-41(6)20-27/h9-12,14-19,27,34H,7-8,13,20-21H2,1-6H3,(H,43,44)(H,38,39,40). The summed E-state index contributed by atoms with van der Waals surface area (Å²) < 4.78 is 20.9. The van der Waals surface area contributed by atoms with Crippen molar-refractivity contribution in [3.63, 3.8) is 0 Å². The molecule has 8 nitrogen and oxygen atoms in total. The molecule has 1 aliphatic heterocycles. The topological polar surface area (TPSA) is 90.8 Å². The number of likely N-dealkylation sites (tertiary alicyclic amines) is 1. The lowest BCUT2D eigenvalue weighted by molar-refractivity contribution is 0.147. The van der Waals surface area contributed by atoms with Crippen molar-refractivity contribution in [2.45, 2.75) is 53.5 Å². The molecule has 5 rings (SSSR count). The summed E-state index contributed by atoms with van der Waals surface area (Å²) in [4.78, 5) is 25.5. The molecule has 2 heterocycles. The summed E-state index contributed by atoms with van der Waals surface area (Å²) in [5.41, 5.74) is 7.32. The third-order valence-corrected chi connectivity index (χ3v) is 8.31. The molecule has 0 spiro atoms. The smallest absolute Gasteiger partial charge is 0.413 e. The van der Waals surface area contributed by atoms with Gasteiger partial charge >= 0.3 is 6.09 Å². The molecule has 1 aromatic heterocycles. The summed E-state index contributed by atoms with van der Waals surface area (Å²) >= 11 is 0. The van der Waals surface area contributed by atoms with Crippen LogP contribution in [0.25, 0.3) is 0 Å². The highest BCUT2D eigenvalue weighted by molar-refractivity contribution is 5.87. The first-order valence-electron chi connectivity index (χ1n) is 15.4. The molecular formula is C36H42FN5O3. The number of carboxylic acid groups (broad SMARTS) is 1. The van der Waals surface area contributed by atoms with Crippen molar-refractivity contribution in [2.75, 3.05) is 37.0 Å². The fraction of sp³-hybridized carbons (Fsp3) is 0.361. The number of rotatable bonds is 9. The Morgan fingerprint density at radius 3 is 2.38 bits per heavy atom. The van der Waals surface area contributed by atoms with Crippen molar-refractivity contribution >= 4 is 23.5 Å². The first kappa shape index (κ1) is 31.9. The third kappa shape index (κ3) is 7.60. The molecule has 2 unspecified atom stereocenters. The van der Waals surface area contributed by atoms with Crippen molar-refractivity contribution in [3.05, 3.63) is 106 Å². The lowest BCUT2D eigenvalue weighted by Gasteiger charge is -2.32. The van der Waals surface area contributed by atoms with E-state index >= 15 is 4.39 Å². The van der Waals surface area contributed by atoms with Crippen molar-refractivity contribution < 1.29 is 19.0 Å². The molecule has 1 aliphatic rings. The number of halogens is 1. The van der Waals surface area contributed by atoms with Crippen LogP contribution in [0.4, 0.5) is 26.6 Å². The van der Waals surface area contributed by atoms with Crippen LogP contribution in [0.2, 0.25) is 0 Å². The molecule has 0 saturated carbocycles. The van der Waals surface area contributed by atoms with E-state index in [0.717, 1.165) is 64.9 Å². The van der Waals surface area contributed by atoms with Gasteiger partial charge in [-0.05, 0) is 102 Å². The van der Waals surface area contributed by atoms with E-state index in [1.54, 1.807) is 18.2 Å². The average Bonchev–Trinajstić information content (AvgIpc) is 2.95. The molecule has 3 aromatic carbocycles. The minimum Gasteiger partial charge on any atom is -0.490 e. The van der Waals surface area contributed by atoms with Gasteiger partial charge in [0.15, 0.2) is 11.6 Å². The maximum Gasteiger partial charge on any atom is 0.413 e. The molecule has 0 radical (unpaired) electrons. The summed E-state index contributed by atoms with van der Waals surface area (Å²) in [5, 5.41) is 13.7. The van der Waals surface area contributed by atoms with Gasteiger partial charge in [0.2, 0.25) is 5.95 Å². The van der Waals surface area contributed by atoms with Crippen molar-refractivity contribution in [1.82, 2.24) is 14.9 Å². The van der Waals surface area contributed by atoms with Crippen LogP contribution in [0.1, 0.15) is 57.8 Å². The number of hydrogen-bond acceptors (Lipinski definition) is 6. The molecule has 0 aliphatic carbocycles. The number of ether oxygens (including phenoxy) is 1. The largest absolute Gasteiger partial charge is 0.490 e. The van der Waals surface area contributed by atoms with Gasteiger partial charge in [-0.2, -0.15) is 4.98 Å². The van der Waals surface area contributed by atoms with E-state index in [2.05, 4.69) is 45.4 Å². The second-order valence-corrected chi connectivity index (χ2v) is 12.4. The average molecular weight is 612 g/mol. The first-order valence-corrected chi connectivity index (χ1v) is 15.4. The molecule has 1 amide bonds. The number of amides is 1. The molecule has 1 saturated heterocycles. The summed E-state index contributed by atoms with van der Waals surface area (Å²) in [7, 11) is 2.09. The van der Waals surface area contributed by atoms with Gasteiger partial charge in [-0.3, -0.25) is 0 Å². The van der Waals surface area contributed by atoms with Crippen LogP contribution in [-0.2, 0) is 0 Å². The number of carbonyl (C=O) groups is 1. The first-order chi connectivity index (χ1) is 21.5. The highest BCUT2D eigenvalue weighted by atomic mass is 19.1. The molecule has 236 valence electrons. The van der Waals surface area contributed by atoms with Crippen LogP contribution >= 0.6 is 0 Å². The molecule has 45 heavy (non-hydrogen) atoms. The van der Waals surface area contributed by atoms with Crippen LogP contribution in [0.5, 0.6) is 5.75 Å². The zero-order valence-corrected chi connectivity index (χ0v) is 26.9. The summed E-state index contributed by atoms with van der Waals surface area (Å²) in [5.74, 6) is 0.414. The van der Waals surface area contributed by atoms with Gasteiger partial charge in [0.1, 0.15) is 5.82 Å². The Morgan fingerprint density at radius 2 is 1.73 bits per heavy atom. The Morgan fingerprint density at radius 1 is 1.04 bits per heavy atom. The molecule has 0 bridgehead atoms. The van der Waals surface area contributed by atoms with Crippen LogP contribution < -0.4 is 15.0 Å². The SMILES string of the molecule is Cc1cc(C)cc(C(c2c(C)cc(C)cc2C)N(C(=O)O)c2ccnc(Nc3ccc(OCC4CCCN(C)C4)c(F)c3)n2)c1. The minimum atomic E-state index is -1.15. The molecular weight excluding hydrogens is 569 g/mol. The van der Waals surface area contributed by atoms with Gasteiger partial charge in [-0.15, -0.1) is 0 Å². The van der Waals surface area contributed by atoms with Crippen LogP contribution in [-0.4, -0.2) is 52.8 Å². The van der Waals surface area contributed by atoms with Gasteiger partial charge in [-0.1, -0.05) is 47.0 Å². The summed E-state index contributed by atoms with van der Waals surface area (Å²) in [6, 6.07) is 15.8. The Hall–Kier alpha value is -4.50. The lowest BCUT2D eigenvalue weighted by atomic mass is 9.87. The van der Waals surface area contributed by atoms with Crippen LogP contribution in [0.15, 0.2) is 60.8 Å². The zero-order chi connectivity index (χ0) is 32.2. The highest BCUT2D eigenvalue weighted by Crippen LogP contribution is 2.37. The molecule has 2 atom stereocenters. The normalized spacial score (nSPS) is 15.8. The maximum atomic E-state index is 15.0. The van der Waals surface area contributed by atoms with Gasteiger partial charge in [0.25, 0.3) is 0 Å². The number of anilines is 3. The van der Waals surface area contributed by atoms with Crippen LogP contribution in [0.3, 0.4) is 0 Å². The van der Waals surface area contributed by atoms with E-state index in [4.69, 9.17) is 4.74 Å². The third-order valence-electron chi connectivity index (χ3n) is 8.31. The van der Waals surface area contributed by atoms with Gasteiger partial charge in [0, 0.05) is 30.4 Å². The van der Waals surface area contributed by atoms with Crippen molar-refractivity contribution in [2.24, 2.45) is 5.92 Å². The summed E-state index contributed by atoms with van der Waals surface area (Å²) in [6.45, 7) is 12.5. The second kappa shape index (κ2) is 13.6. The molecule has 2 N–H and O–H groups in total. The predicted molar refractivity (Wildman–Crippen MR) is 176 cm³/mol. The number of nitrogens with zero attached hydrogens (tertiary/aromatic N) is 4. The van der Waals surface area contributed by atoms with Gasteiger partial charge < -0.3 is 20.1 Å². The maximum absolute atomic E-state index is 15.0. The van der Waals surface area contributed by atoms with Gasteiger partial charge in [0.05, 0.1) is 12.6 Å². The highest BCUT2D eigenvalue weighted by Gasteiger charge is 2.32. The van der Waals surface area contributed by atoms with Crippen molar-refractivity contribution in [3.8, 4) is 5.75 Å². The van der Waals surface area contributed by atoms with Gasteiger partial charge in [-0.25, -0.2) is 19.1 Å². The number of hydrogen-bond donors (Lipinski definition) is 2. The van der Waals surface area contributed by atoms with Crippen molar-refractivity contribution in [1.29, 1.82) is 0 Å². The fourth-order valence-electron chi connectivity index (χ4n) is 6.56. The van der Waals surface area contributed by atoms with E-state index in [1.165, 1.54) is 17.2 Å². The Balaban J connectivity index is 1.45. The monoisotopic (exact) mass is 611 g/mol. The fourth-order valence-corrected chi connectivity index (χ4v) is 6.56. The number of nitrogens with one attached hydrogen (secondary N) is 1. The minimum absolute atomic E-state index is 0.147. The Bertz CT molecular complexity index is 1650. The molecule has 9 heteroatoms. The van der Waals surface area contributed by atoms with E-state index < -0.39 is 18.0 Å². The number of piperidine rings is 1. The van der Waals surface area contributed by atoms with E-state index in [-0.39, 0.29) is 17.5 Å². The number of aryl methyl sites for hydroxylation is 5. The van der Waals surface area contributed by atoms with Crippen LogP contribution in [0, 0.1) is 46.4 Å². The zero-order valence-electron chi connectivity index (χ0n) is 26.9. The van der Waals surface area contributed by atoms with E-state index in [1.807, 2.05) is 46.8 Å². The number of benzene rings is 3. The lowest BCUT2D eigenvalue weighted by Crippen LogP contribution is -2.36. The predicted octanol–water partition coefficient (Wildman–Crippen LogP) is 7.90. The molecule has 1 fully saturated rings. The Labute approximate surface area is 264 Å². The quantitative estimate of drug-likeness (QED) is 0.199. The second-order valence-electron chi connectivity index (χ2n) is 12.4. The Kier molecular flexibility index (Phi) is 9.68. The molecule has 4 aromatic rings. The van der Waals surface area contributed by atoms with E-state index in [0.29, 0.717) is 18.2 Å².